The first kappa shape index (κ1) is 78.5. The largest absolute Gasteiger partial charge is 0.647 e. The average Bonchev–Trinajstić information content (AvgIpc) is 0.786. The first-order valence-corrected chi connectivity index (χ1v) is 36.5. The van der Waals surface area contributed by atoms with Gasteiger partial charge in [-0.25, -0.2) is 0 Å². The molecule has 0 fully saturated rings. The monoisotopic (exact) mass is 1310 g/mol. The van der Waals surface area contributed by atoms with Crippen LogP contribution in [-0.2, 0) is 69.5 Å². The Hall–Kier alpha value is -5.22. The summed E-state index contributed by atoms with van der Waals surface area (Å²) in [5.74, 6) is 3.83. The van der Waals surface area contributed by atoms with Crippen molar-refractivity contribution in [3.8, 4) is 34.5 Å². The maximum Gasteiger partial charge on any atom is 0.647 e. The molecule has 0 amide bonds. The Morgan fingerprint density at radius 3 is 0.495 bits per heavy atom. The molecule has 6 aromatic carbocycles. The molecule has 0 saturated carbocycles. The molecule has 93 heavy (non-hydrogen) atoms. The van der Waals surface area contributed by atoms with Gasteiger partial charge in [0.25, 0.3) is 0 Å². The van der Waals surface area contributed by atoms with E-state index in [9.17, 15) is 0 Å². The zero-order valence-electron chi connectivity index (χ0n) is 65.1. The van der Waals surface area contributed by atoms with E-state index in [4.69, 9.17) is 27.1 Å². The van der Waals surface area contributed by atoms with Gasteiger partial charge in [-0.3, -0.25) is 0 Å². The minimum atomic E-state index is -4.34. The molecule has 0 N–H and O–H groups in total. The second kappa shape index (κ2) is 27.0. The Morgan fingerprint density at radius 2 is 0.355 bits per heavy atom. The number of rotatable bonds is 12. The van der Waals surface area contributed by atoms with Crippen molar-refractivity contribution in [2.24, 2.45) is 0 Å². The lowest BCUT2D eigenvalue weighted by Gasteiger charge is -2.31. The minimum absolute atomic E-state index is 0.0170. The van der Waals surface area contributed by atoms with Crippen LogP contribution >= 0.6 is 16.4 Å². The van der Waals surface area contributed by atoms with Gasteiger partial charge in [0.2, 0.25) is 0 Å². The summed E-state index contributed by atoms with van der Waals surface area (Å²) in [4.78, 5) is 0. The van der Waals surface area contributed by atoms with Gasteiger partial charge in [0.05, 0.1) is 0 Å². The summed E-state index contributed by atoms with van der Waals surface area (Å²) >= 11 is 0. The molecule has 6 rings (SSSR count). The van der Waals surface area contributed by atoms with Gasteiger partial charge in [0, 0.05) is 33.4 Å². The smallest absolute Gasteiger partial charge is 0.408 e. The van der Waals surface area contributed by atoms with Gasteiger partial charge in [-0.15, -0.1) is 0 Å². The molecule has 0 aromatic heterocycles. The first-order valence-electron chi connectivity index (χ1n) is 33.9. The van der Waals surface area contributed by atoms with Crippen molar-refractivity contribution in [1.29, 1.82) is 0 Å². The first-order chi connectivity index (χ1) is 41.5. The SMILES string of the molecule is CC(C)(C)c1ccc(OP(=O)(Oc2ccc(C(C)(C)C)cc2C(C)(C)C)Oc2ccc(C(C)(C)C)cc2C(C)(C)C)c(C(C)(C)C)c1.CC(C)(C)c1ccc(OP(Oc2ccc(C(C)(C)C)cc2C(C)(C)C)Oc2ccc(C(C)(C)C)cc2C(C)(C)C)c(C(C)(C)C)c1. The van der Waals surface area contributed by atoms with E-state index in [-0.39, 0.29) is 65.0 Å². The maximum atomic E-state index is 15.3. The van der Waals surface area contributed by atoms with Crippen LogP contribution in [0.1, 0.15) is 316 Å². The third-order valence-corrected chi connectivity index (χ3v) is 19.4. The topological polar surface area (TPSA) is 72.5 Å². The molecule has 0 radical (unpaired) electrons. The van der Waals surface area contributed by atoms with Gasteiger partial charge in [0.15, 0.2) is 0 Å². The van der Waals surface area contributed by atoms with E-state index in [1.165, 1.54) is 33.4 Å². The fraction of sp³-hybridized carbons (Fsp3) is 0.571. The average molecular weight is 1310 g/mol. The van der Waals surface area contributed by atoms with Crippen LogP contribution in [0.4, 0.5) is 0 Å². The fourth-order valence-corrected chi connectivity index (χ4v) is 13.1. The molecule has 0 bridgehead atoms. The Balaban J connectivity index is 0.000000337. The van der Waals surface area contributed by atoms with Crippen LogP contribution in [0.15, 0.2) is 109 Å². The van der Waals surface area contributed by atoms with Crippen LogP contribution in [0.25, 0.3) is 0 Å². The molecule has 514 valence electrons. The molecule has 0 aliphatic rings. The third kappa shape index (κ3) is 21.1. The highest BCUT2D eigenvalue weighted by molar-refractivity contribution is 7.49. The number of phosphoric acid groups is 1. The summed E-state index contributed by atoms with van der Waals surface area (Å²) in [5.41, 5.74) is 12.1. The summed E-state index contributed by atoms with van der Waals surface area (Å²) in [6, 6.07) is 38.1. The second-order valence-electron chi connectivity index (χ2n) is 38.5. The molecule has 0 saturated heterocycles. The Kier molecular flexibility index (Phi) is 22.8. The minimum Gasteiger partial charge on any atom is -0.408 e. The van der Waals surface area contributed by atoms with Crippen molar-refractivity contribution >= 4 is 16.4 Å². The van der Waals surface area contributed by atoms with Crippen molar-refractivity contribution in [3.05, 3.63) is 176 Å². The molecule has 0 heterocycles. The molecule has 0 spiro atoms. The summed E-state index contributed by atoms with van der Waals surface area (Å²) < 4.78 is 55.8. The van der Waals surface area contributed by atoms with Crippen LogP contribution < -0.4 is 27.1 Å². The Bertz CT molecular complexity index is 3230. The lowest BCUT2D eigenvalue weighted by molar-refractivity contribution is 0.290. The van der Waals surface area contributed by atoms with E-state index in [1.807, 2.05) is 36.4 Å². The van der Waals surface area contributed by atoms with E-state index in [2.05, 4.69) is 322 Å². The lowest BCUT2D eigenvalue weighted by Crippen LogP contribution is -2.21. The molecule has 6 aromatic rings. The highest BCUT2D eigenvalue weighted by Crippen LogP contribution is 2.56. The van der Waals surface area contributed by atoms with Crippen LogP contribution in [0.5, 0.6) is 34.5 Å². The van der Waals surface area contributed by atoms with Crippen LogP contribution in [-0.4, -0.2) is 0 Å². The van der Waals surface area contributed by atoms with E-state index in [0.717, 1.165) is 50.6 Å². The molecule has 0 unspecified atom stereocenters. The zero-order valence-corrected chi connectivity index (χ0v) is 66.9. The van der Waals surface area contributed by atoms with Crippen LogP contribution in [0, 0.1) is 0 Å². The fourth-order valence-electron chi connectivity index (χ4n) is 10.7. The molecule has 0 aliphatic carbocycles. The molecule has 0 aliphatic heterocycles. The molecule has 9 heteroatoms. The molecular formula is C84H126O7P2. The molecular weight excluding hydrogens is 1180 g/mol. The van der Waals surface area contributed by atoms with E-state index < -0.39 is 16.4 Å². The van der Waals surface area contributed by atoms with Crippen molar-refractivity contribution in [1.82, 2.24) is 0 Å². The highest BCUT2D eigenvalue weighted by Gasteiger charge is 2.41. The van der Waals surface area contributed by atoms with E-state index in [0.29, 0.717) is 17.2 Å². The lowest BCUT2D eigenvalue weighted by atomic mass is 9.80. The van der Waals surface area contributed by atoms with E-state index >= 15 is 4.57 Å². The second-order valence-corrected chi connectivity index (χ2v) is 40.9. The standard InChI is InChI=1S/C42H63O4P.C42H63O3P/c1-37(2,3)28-19-22-34(31(25-28)40(10,11)12)44-47(43,45-35-23-20-29(38(4,5)6)26-32(35)41(13,14)15)46-36-24-21-30(39(7,8)9)27-33(36)42(16,17)18;1-37(2,3)28-19-22-34(31(25-28)40(10,11)12)43-46(44-35-23-20-29(38(4,5)6)26-32(35)41(13,14)15)45-36-24-21-30(39(7,8)9)27-33(36)42(16,17)18/h19-27H,1-18H3;19-27H,1-18H3. The van der Waals surface area contributed by atoms with Gasteiger partial charge >= 0.3 is 16.4 Å². The molecule has 0 atom stereocenters. The van der Waals surface area contributed by atoms with E-state index in [1.54, 1.807) is 0 Å². The quantitative estimate of drug-likeness (QED) is 0.113. The Morgan fingerprint density at radius 1 is 0.215 bits per heavy atom. The number of benzene rings is 6. The van der Waals surface area contributed by atoms with Crippen LogP contribution in [0.3, 0.4) is 0 Å². The van der Waals surface area contributed by atoms with Crippen molar-refractivity contribution < 1.29 is 31.7 Å². The number of phosphoric ester groups is 1. The van der Waals surface area contributed by atoms with Gasteiger partial charge in [0.1, 0.15) is 34.5 Å². The highest BCUT2D eigenvalue weighted by atomic mass is 31.2. The van der Waals surface area contributed by atoms with Gasteiger partial charge in [-0.2, -0.15) is 4.57 Å². The molecule has 7 nitrogen and oxygen atoms in total. The third-order valence-electron chi connectivity index (χ3n) is 17.1. The maximum absolute atomic E-state index is 15.3. The number of hydrogen-bond donors (Lipinski definition) is 0. The predicted octanol–water partition coefficient (Wildman–Crippen LogP) is 26.4. The predicted molar refractivity (Wildman–Crippen MR) is 401 cm³/mol. The van der Waals surface area contributed by atoms with Crippen molar-refractivity contribution in [2.45, 2.75) is 314 Å². The van der Waals surface area contributed by atoms with Crippen LogP contribution in [0.2, 0.25) is 0 Å². The summed E-state index contributed by atoms with van der Waals surface area (Å²) in [6.45, 7) is 79.3. The number of hydrogen-bond acceptors (Lipinski definition) is 7. The normalized spacial score (nSPS) is 13.7. The van der Waals surface area contributed by atoms with Gasteiger partial charge in [-0.1, -0.05) is 322 Å². The van der Waals surface area contributed by atoms with Gasteiger partial charge < -0.3 is 27.1 Å². The zero-order chi connectivity index (χ0) is 71.4. The van der Waals surface area contributed by atoms with Gasteiger partial charge in [-0.05, 0) is 135 Å². The van der Waals surface area contributed by atoms with Crippen molar-refractivity contribution in [3.63, 3.8) is 0 Å². The Labute approximate surface area is 569 Å². The van der Waals surface area contributed by atoms with Crippen molar-refractivity contribution in [2.75, 3.05) is 0 Å². The summed E-state index contributed by atoms with van der Waals surface area (Å²) in [5, 5.41) is 0. The summed E-state index contributed by atoms with van der Waals surface area (Å²) in [7, 11) is -6.23. The summed E-state index contributed by atoms with van der Waals surface area (Å²) in [6.07, 6.45) is 0.